The Bertz CT molecular complexity index is 834. The summed E-state index contributed by atoms with van der Waals surface area (Å²) in [5.74, 6) is 1.71. The predicted octanol–water partition coefficient (Wildman–Crippen LogP) is 2.16. The Morgan fingerprint density at radius 3 is 2.30 bits per heavy atom. The van der Waals surface area contributed by atoms with E-state index in [2.05, 4.69) is 10.6 Å². The summed E-state index contributed by atoms with van der Waals surface area (Å²) in [4.78, 5) is 36.7. The molecule has 2 N–H and O–H groups in total. The van der Waals surface area contributed by atoms with Crippen LogP contribution in [0.15, 0.2) is 24.3 Å². The number of nitrogens with one attached hydrogen (secondary N) is 2. The van der Waals surface area contributed by atoms with E-state index in [4.69, 9.17) is 14.2 Å². The minimum Gasteiger partial charge on any atom is -0.485 e. The average Bonchev–Trinajstić information content (AvgIpc) is 2.70. The van der Waals surface area contributed by atoms with Gasteiger partial charge in [0.25, 0.3) is 5.91 Å². The summed E-state index contributed by atoms with van der Waals surface area (Å²) in [5.41, 5.74) is -0.184. The van der Waals surface area contributed by atoms with Crippen molar-refractivity contribution in [2.24, 2.45) is 17.8 Å². The standard InChI is InChI=1S/C22H26N2O6/c25-19(12-29-20(26)18-11-28-16-3-1-2-4-17(16)30-18)23-21(27)24-22-8-13-5-14(9-22)7-15(6-13)10-22/h1-4,13-15,18H,5-12H2,(H2,23,24,25,27). The van der Waals surface area contributed by atoms with E-state index in [0.717, 1.165) is 19.3 Å². The molecule has 5 aliphatic rings. The molecule has 0 aromatic heterocycles. The number of rotatable bonds is 4. The van der Waals surface area contributed by atoms with E-state index in [9.17, 15) is 14.4 Å². The number of urea groups is 1. The van der Waals surface area contributed by atoms with Crippen molar-refractivity contribution in [3.63, 3.8) is 0 Å². The maximum Gasteiger partial charge on any atom is 0.351 e. The van der Waals surface area contributed by atoms with Crippen LogP contribution in [0.4, 0.5) is 4.79 Å². The Hall–Kier alpha value is -2.77. The van der Waals surface area contributed by atoms with E-state index in [0.29, 0.717) is 29.3 Å². The van der Waals surface area contributed by atoms with Crippen molar-refractivity contribution < 1.29 is 28.6 Å². The third-order valence-corrected chi connectivity index (χ3v) is 6.79. The van der Waals surface area contributed by atoms with Crippen molar-refractivity contribution >= 4 is 17.9 Å². The number of ether oxygens (including phenoxy) is 3. The van der Waals surface area contributed by atoms with Gasteiger partial charge < -0.3 is 19.5 Å². The maximum absolute atomic E-state index is 12.4. The fourth-order valence-electron chi connectivity index (χ4n) is 6.06. The van der Waals surface area contributed by atoms with Crippen molar-refractivity contribution in [1.82, 2.24) is 10.6 Å². The van der Waals surface area contributed by atoms with Crippen molar-refractivity contribution in [3.05, 3.63) is 24.3 Å². The lowest BCUT2D eigenvalue weighted by Gasteiger charge is -2.56. The van der Waals surface area contributed by atoms with Crippen LogP contribution < -0.4 is 20.1 Å². The van der Waals surface area contributed by atoms with Gasteiger partial charge in [-0.1, -0.05) is 12.1 Å². The van der Waals surface area contributed by atoms with Crippen LogP contribution >= 0.6 is 0 Å². The molecule has 1 heterocycles. The molecule has 3 amide bonds. The first kappa shape index (κ1) is 19.2. The Morgan fingerprint density at radius 2 is 1.63 bits per heavy atom. The summed E-state index contributed by atoms with van der Waals surface area (Å²) in [6.45, 7) is -0.543. The van der Waals surface area contributed by atoms with Gasteiger partial charge in [0.05, 0.1) is 0 Å². The first-order valence-electron chi connectivity index (χ1n) is 10.7. The first-order valence-corrected chi connectivity index (χ1v) is 10.7. The SMILES string of the molecule is O=C(COC(=O)C1COc2ccccc2O1)NC(=O)NC12CC3CC(CC(C3)C1)C2. The topological polar surface area (TPSA) is 103 Å². The van der Waals surface area contributed by atoms with Crippen LogP contribution in [0.5, 0.6) is 11.5 Å². The van der Waals surface area contributed by atoms with E-state index in [1.807, 2.05) is 0 Å². The highest BCUT2D eigenvalue weighted by molar-refractivity contribution is 5.96. The first-order chi connectivity index (χ1) is 14.5. The Labute approximate surface area is 174 Å². The van der Waals surface area contributed by atoms with Gasteiger partial charge in [-0.3, -0.25) is 10.1 Å². The zero-order valence-corrected chi connectivity index (χ0v) is 16.7. The van der Waals surface area contributed by atoms with Crippen LogP contribution in [0.25, 0.3) is 0 Å². The molecule has 4 fully saturated rings. The smallest absolute Gasteiger partial charge is 0.351 e. The largest absolute Gasteiger partial charge is 0.485 e. The molecule has 6 rings (SSSR count). The zero-order valence-electron chi connectivity index (χ0n) is 16.7. The van der Waals surface area contributed by atoms with Crippen LogP contribution in [0.2, 0.25) is 0 Å². The van der Waals surface area contributed by atoms with Gasteiger partial charge in [-0.25, -0.2) is 9.59 Å². The number of benzene rings is 1. The second kappa shape index (κ2) is 7.49. The highest BCUT2D eigenvalue weighted by atomic mass is 16.6. The van der Waals surface area contributed by atoms with E-state index < -0.39 is 30.6 Å². The average molecular weight is 414 g/mol. The van der Waals surface area contributed by atoms with Gasteiger partial charge in [0, 0.05) is 5.54 Å². The third-order valence-electron chi connectivity index (χ3n) is 6.79. The minimum absolute atomic E-state index is 0.00394. The van der Waals surface area contributed by atoms with Crippen LogP contribution in [0.3, 0.4) is 0 Å². The molecule has 1 aromatic carbocycles. The third kappa shape index (κ3) is 3.82. The minimum atomic E-state index is -0.950. The lowest BCUT2D eigenvalue weighted by molar-refractivity contribution is -0.157. The lowest BCUT2D eigenvalue weighted by atomic mass is 9.53. The quantitative estimate of drug-likeness (QED) is 0.732. The highest BCUT2D eigenvalue weighted by Crippen LogP contribution is 2.55. The summed E-state index contributed by atoms with van der Waals surface area (Å²) in [7, 11) is 0. The van der Waals surface area contributed by atoms with Crippen LogP contribution in [0.1, 0.15) is 38.5 Å². The number of fused-ring (bicyclic) bond motifs is 1. The van der Waals surface area contributed by atoms with Crippen LogP contribution in [-0.2, 0) is 14.3 Å². The molecule has 1 aliphatic heterocycles. The lowest BCUT2D eigenvalue weighted by Crippen LogP contribution is -2.62. The second-order valence-corrected chi connectivity index (χ2v) is 9.17. The molecule has 4 bridgehead atoms. The number of para-hydroxylation sites is 2. The predicted molar refractivity (Wildman–Crippen MR) is 105 cm³/mol. The number of hydrogen-bond donors (Lipinski definition) is 2. The van der Waals surface area contributed by atoms with E-state index in [1.54, 1.807) is 24.3 Å². The van der Waals surface area contributed by atoms with Crippen molar-refractivity contribution in [2.45, 2.75) is 50.2 Å². The number of carbonyl (C=O) groups is 3. The Morgan fingerprint density at radius 1 is 1.00 bits per heavy atom. The molecule has 8 nitrogen and oxygen atoms in total. The molecule has 1 aromatic rings. The molecule has 4 saturated carbocycles. The van der Waals surface area contributed by atoms with Gasteiger partial charge in [0.2, 0.25) is 6.10 Å². The molecule has 0 spiro atoms. The fourth-order valence-corrected chi connectivity index (χ4v) is 6.06. The molecule has 0 radical (unpaired) electrons. The zero-order chi connectivity index (χ0) is 20.7. The summed E-state index contributed by atoms with van der Waals surface area (Å²) in [6.07, 6.45) is 5.86. The summed E-state index contributed by atoms with van der Waals surface area (Å²) in [6, 6.07) is 6.50. The summed E-state index contributed by atoms with van der Waals surface area (Å²) >= 11 is 0. The normalized spacial score (nSPS) is 32.9. The van der Waals surface area contributed by atoms with Crippen molar-refractivity contribution in [3.8, 4) is 11.5 Å². The fraction of sp³-hybridized carbons (Fsp3) is 0.591. The van der Waals surface area contributed by atoms with Crippen LogP contribution in [-0.4, -0.2) is 42.8 Å². The molecule has 0 saturated heterocycles. The number of esters is 1. The molecular weight excluding hydrogens is 388 g/mol. The number of imide groups is 1. The molecule has 30 heavy (non-hydrogen) atoms. The second-order valence-electron chi connectivity index (χ2n) is 9.17. The van der Waals surface area contributed by atoms with E-state index in [-0.39, 0.29) is 12.1 Å². The molecule has 160 valence electrons. The van der Waals surface area contributed by atoms with Gasteiger partial charge in [0.15, 0.2) is 18.1 Å². The summed E-state index contributed by atoms with van der Waals surface area (Å²) in [5, 5.41) is 5.35. The van der Waals surface area contributed by atoms with Crippen LogP contribution in [0, 0.1) is 17.8 Å². The monoisotopic (exact) mass is 414 g/mol. The Kier molecular flexibility index (Phi) is 4.79. The summed E-state index contributed by atoms with van der Waals surface area (Å²) < 4.78 is 16.0. The molecule has 4 aliphatic carbocycles. The number of hydrogen-bond acceptors (Lipinski definition) is 6. The van der Waals surface area contributed by atoms with Gasteiger partial charge in [-0.2, -0.15) is 0 Å². The Balaban J connectivity index is 1.08. The van der Waals surface area contributed by atoms with Gasteiger partial charge in [0.1, 0.15) is 6.61 Å². The van der Waals surface area contributed by atoms with E-state index >= 15 is 0 Å². The van der Waals surface area contributed by atoms with Crippen molar-refractivity contribution in [2.75, 3.05) is 13.2 Å². The van der Waals surface area contributed by atoms with Gasteiger partial charge in [-0.15, -0.1) is 0 Å². The number of amides is 3. The van der Waals surface area contributed by atoms with Gasteiger partial charge in [-0.05, 0) is 68.4 Å². The number of carbonyl (C=O) groups excluding carboxylic acids is 3. The van der Waals surface area contributed by atoms with Gasteiger partial charge >= 0.3 is 12.0 Å². The molecular formula is C22H26N2O6. The molecule has 1 atom stereocenters. The maximum atomic E-state index is 12.4. The van der Waals surface area contributed by atoms with Crippen molar-refractivity contribution in [1.29, 1.82) is 0 Å². The molecule has 1 unspecified atom stereocenters. The highest BCUT2D eigenvalue weighted by Gasteiger charge is 2.51. The van der Waals surface area contributed by atoms with E-state index in [1.165, 1.54) is 19.3 Å². The molecule has 8 heteroatoms.